The van der Waals surface area contributed by atoms with E-state index in [-0.39, 0.29) is 5.92 Å². The average Bonchev–Trinajstić information content (AvgIpc) is 2.75. The zero-order valence-corrected chi connectivity index (χ0v) is 16.1. The van der Waals surface area contributed by atoms with Crippen LogP contribution < -0.4 is 20.5 Å². The van der Waals surface area contributed by atoms with E-state index in [4.69, 9.17) is 15.2 Å². The predicted molar refractivity (Wildman–Crippen MR) is 114 cm³/mol. The molecule has 3 aromatic rings. The molecule has 0 spiro atoms. The maximum Gasteiger partial charge on any atom is 0.193 e. The SMILES string of the molecule is COc1ccc(NC(N)=NCC(c2ccccc2)c2ccccc2)cc1OC. The molecule has 28 heavy (non-hydrogen) atoms. The molecular weight excluding hydrogens is 350 g/mol. The van der Waals surface area contributed by atoms with Crippen molar-refractivity contribution in [3.8, 4) is 11.5 Å². The molecule has 0 amide bonds. The molecule has 0 bridgehead atoms. The van der Waals surface area contributed by atoms with Gasteiger partial charge in [-0.2, -0.15) is 0 Å². The van der Waals surface area contributed by atoms with Crippen LogP contribution in [0.4, 0.5) is 5.69 Å². The number of benzene rings is 3. The molecule has 3 N–H and O–H groups in total. The van der Waals surface area contributed by atoms with Gasteiger partial charge in [0.05, 0.1) is 20.8 Å². The van der Waals surface area contributed by atoms with Crippen molar-refractivity contribution in [1.82, 2.24) is 0 Å². The Bertz CT molecular complexity index is 872. The third kappa shape index (κ3) is 4.82. The van der Waals surface area contributed by atoms with Gasteiger partial charge in [-0.05, 0) is 23.3 Å². The fourth-order valence-corrected chi connectivity index (χ4v) is 3.06. The summed E-state index contributed by atoms with van der Waals surface area (Å²) >= 11 is 0. The van der Waals surface area contributed by atoms with E-state index in [0.29, 0.717) is 24.0 Å². The van der Waals surface area contributed by atoms with Gasteiger partial charge in [-0.3, -0.25) is 4.99 Å². The third-order valence-electron chi connectivity index (χ3n) is 4.50. The van der Waals surface area contributed by atoms with Gasteiger partial charge in [-0.1, -0.05) is 60.7 Å². The van der Waals surface area contributed by atoms with Crippen LogP contribution in [-0.4, -0.2) is 26.7 Å². The van der Waals surface area contributed by atoms with Crippen LogP contribution in [0, 0.1) is 0 Å². The van der Waals surface area contributed by atoms with Gasteiger partial charge < -0.3 is 20.5 Å². The molecule has 0 aliphatic rings. The molecule has 3 rings (SSSR count). The Hall–Kier alpha value is -3.47. The lowest BCUT2D eigenvalue weighted by atomic mass is 9.91. The molecule has 0 heterocycles. The Balaban J connectivity index is 1.77. The second-order valence-corrected chi connectivity index (χ2v) is 6.29. The number of nitrogens with two attached hydrogens (primary N) is 1. The Morgan fingerprint density at radius 2 is 1.43 bits per heavy atom. The zero-order valence-electron chi connectivity index (χ0n) is 16.1. The van der Waals surface area contributed by atoms with Crippen molar-refractivity contribution in [1.29, 1.82) is 0 Å². The third-order valence-corrected chi connectivity index (χ3v) is 4.50. The highest BCUT2D eigenvalue weighted by Gasteiger charge is 2.13. The first-order valence-corrected chi connectivity index (χ1v) is 9.10. The van der Waals surface area contributed by atoms with Gasteiger partial charge in [0.25, 0.3) is 0 Å². The van der Waals surface area contributed by atoms with Gasteiger partial charge in [-0.15, -0.1) is 0 Å². The van der Waals surface area contributed by atoms with E-state index in [1.165, 1.54) is 11.1 Å². The second-order valence-electron chi connectivity index (χ2n) is 6.29. The van der Waals surface area contributed by atoms with Gasteiger partial charge >= 0.3 is 0 Å². The highest BCUT2D eigenvalue weighted by Crippen LogP contribution is 2.29. The minimum Gasteiger partial charge on any atom is -0.493 e. The topological polar surface area (TPSA) is 68.9 Å². The number of anilines is 1. The number of hydrogen-bond donors (Lipinski definition) is 2. The van der Waals surface area contributed by atoms with Crippen molar-refractivity contribution >= 4 is 11.6 Å². The minimum atomic E-state index is 0.133. The summed E-state index contributed by atoms with van der Waals surface area (Å²) in [5, 5.41) is 3.12. The zero-order chi connectivity index (χ0) is 19.8. The number of ether oxygens (including phenoxy) is 2. The fourth-order valence-electron chi connectivity index (χ4n) is 3.06. The van der Waals surface area contributed by atoms with E-state index >= 15 is 0 Å². The summed E-state index contributed by atoms with van der Waals surface area (Å²) < 4.78 is 10.6. The largest absolute Gasteiger partial charge is 0.493 e. The number of aliphatic imine (C=N–C) groups is 1. The number of hydrogen-bond acceptors (Lipinski definition) is 3. The number of guanidine groups is 1. The number of methoxy groups -OCH3 is 2. The first-order valence-electron chi connectivity index (χ1n) is 9.10. The molecule has 0 aliphatic carbocycles. The Labute approximate surface area is 165 Å². The average molecular weight is 375 g/mol. The van der Waals surface area contributed by atoms with Crippen molar-refractivity contribution in [2.24, 2.45) is 10.7 Å². The molecular formula is C23H25N3O2. The lowest BCUT2D eigenvalue weighted by Gasteiger charge is -2.17. The van der Waals surface area contributed by atoms with Crippen molar-refractivity contribution in [3.63, 3.8) is 0 Å². The number of nitrogens with zero attached hydrogens (tertiary/aromatic N) is 1. The Morgan fingerprint density at radius 1 is 0.857 bits per heavy atom. The molecule has 0 saturated carbocycles. The highest BCUT2D eigenvalue weighted by molar-refractivity contribution is 5.92. The van der Waals surface area contributed by atoms with Gasteiger partial charge in [0.2, 0.25) is 0 Å². The Kier molecular flexibility index (Phi) is 6.52. The van der Waals surface area contributed by atoms with Gasteiger partial charge in [0.1, 0.15) is 0 Å². The summed E-state index contributed by atoms with van der Waals surface area (Å²) in [5.74, 6) is 1.78. The monoisotopic (exact) mass is 375 g/mol. The lowest BCUT2D eigenvalue weighted by Crippen LogP contribution is -2.23. The van der Waals surface area contributed by atoms with E-state index < -0.39 is 0 Å². The standard InChI is InChI=1S/C23H25N3O2/c1-27-21-14-13-19(15-22(21)28-2)26-23(24)25-16-20(17-9-5-3-6-10-17)18-11-7-4-8-12-18/h3-15,20H,16H2,1-2H3,(H3,24,25,26). The van der Waals surface area contributed by atoms with Gasteiger partial charge in [0.15, 0.2) is 17.5 Å². The first kappa shape index (κ1) is 19.3. The van der Waals surface area contributed by atoms with Crippen molar-refractivity contribution in [2.75, 3.05) is 26.1 Å². The summed E-state index contributed by atoms with van der Waals surface area (Å²) in [6, 6.07) is 26.2. The summed E-state index contributed by atoms with van der Waals surface area (Å²) in [5.41, 5.74) is 9.34. The van der Waals surface area contributed by atoms with E-state index in [2.05, 4.69) is 34.6 Å². The molecule has 3 aromatic carbocycles. The number of rotatable bonds is 7. The quantitative estimate of drug-likeness (QED) is 0.478. The van der Waals surface area contributed by atoms with Crippen LogP contribution in [0.5, 0.6) is 11.5 Å². The van der Waals surface area contributed by atoms with E-state index in [9.17, 15) is 0 Å². The molecule has 0 aliphatic heterocycles. The molecule has 5 heteroatoms. The van der Waals surface area contributed by atoms with Gasteiger partial charge in [0, 0.05) is 17.7 Å². The van der Waals surface area contributed by atoms with Gasteiger partial charge in [-0.25, -0.2) is 0 Å². The molecule has 144 valence electrons. The molecule has 0 saturated heterocycles. The Morgan fingerprint density at radius 3 is 1.96 bits per heavy atom. The molecule has 0 aromatic heterocycles. The van der Waals surface area contributed by atoms with E-state index in [0.717, 1.165) is 5.69 Å². The van der Waals surface area contributed by atoms with Crippen LogP contribution >= 0.6 is 0 Å². The summed E-state index contributed by atoms with van der Waals surface area (Å²) in [7, 11) is 3.21. The van der Waals surface area contributed by atoms with Crippen LogP contribution in [0.25, 0.3) is 0 Å². The van der Waals surface area contributed by atoms with Crippen LogP contribution in [-0.2, 0) is 0 Å². The van der Waals surface area contributed by atoms with Crippen molar-refractivity contribution in [3.05, 3.63) is 90.0 Å². The lowest BCUT2D eigenvalue weighted by molar-refractivity contribution is 0.355. The van der Waals surface area contributed by atoms with Crippen molar-refractivity contribution in [2.45, 2.75) is 5.92 Å². The molecule has 0 radical (unpaired) electrons. The van der Waals surface area contributed by atoms with Crippen LogP contribution in [0.1, 0.15) is 17.0 Å². The smallest absolute Gasteiger partial charge is 0.193 e. The molecule has 5 nitrogen and oxygen atoms in total. The second kappa shape index (κ2) is 9.46. The van der Waals surface area contributed by atoms with E-state index in [1.54, 1.807) is 14.2 Å². The van der Waals surface area contributed by atoms with Crippen LogP contribution in [0.2, 0.25) is 0 Å². The normalized spacial score (nSPS) is 11.3. The fraction of sp³-hybridized carbons (Fsp3) is 0.174. The maximum absolute atomic E-state index is 6.14. The highest BCUT2D eigenvalue weighted by atomic mass is 16.5. The maximum atomic E-state index is 6.14. The first-order chi connectivity index (χ1) is 13.7. The van der Waals surface area contributed by atoms with Crippen LogP contribution in [0.3, 0.4) is 0 Å². The molecule has 0 atom stereocenters. The van der Waals surface area contributed by atoms with Crippen LogP contribution in [0.15, 0.2) is 83.9 Å². The molecule has 0 fully saturated rings. The number of nitrogens with one attached hydrogen (secondary N) is 1. The summed E-state index contributed by atoms with van der Waals surface area (Å²) in [6.07, 6.45) is 0. The summed E-state index contributed by atoms with van der Waals surface area (Å²) in [6.45, 7) is 0.542. The summed E-state index contributed by atoms with van der Waals surface area (Å²) in [4.78, 5) is 4.58. The van der Waals surface area contributed by atoms with E-state index in [1.807, 2.05) is 54.6 Å². The minimum absolute atomic E-state index is 0.133. The predicted octanol–water partition coefficient (Wildman–Crippen LogP) is 4.26. The van der Waals surface area contributed by atoms with Crippen molar-refractivity contribution < 1.29 is 9.47 Å². The molecule has 0 unspecified atom stereocenters.